The van der Waals surface area contributed by atoms with E-state index >= 15 is 0 Å². The zero-order chi connectivity index (χ0) is 20.3. The van der Waals surface area contributed by atoms with Crippen molar-refractivity contribution >= 4 is 21.6 Å². The van der Waals surface area contributed by atoms with E-state index in [1.807, 2.05) is 0 Å². The van der Waals surface area contributed by atoms with Gasteiger partial charge in [-0.25, -0.2) is 17.5 Å². The van der Waals surface area contributed by atoms with Crippen molar-refractivity contribution in [1.82, 2.24) is 24.9 Å². The number of halogens is 1. The summed E-state index contributed by atoms with van der Waals surface area (Å²) in [6, 6.07) is 9.48. The van der Waals surface area contributed by atoms with Crippen molar-refractivity contribution in [3.05, 3.63) is 59.7 Å². The fourth-order valence-electron chi connectivity index (χ4n) is 2.47. The summed E-state index contributed by atoms with van der Waals surface area (Å²) in [4.78, 5) is 12.5. The molecular formula is C17H17FN6O3S. The topological polar surface area (TPSA) is 119 Å². The highest BCUT2D eigenvalue weighted by Crippen LogP contribution is 2.20. The van der Waals surface area contributed by atoms with E-state index < -0.39 is 21.7 Å². The van der Waals surface area contributed by atoms with Crippen molar-refractivity contribution in [1.29, 1.82) is 0 Å². The Morgan fingerprint density at radius 2 is 1.89 bits per heavy atom. The lowest BCUT2D eigenvalue weighted by atomic mass is 10.2. The molecule has 0 saturated carbocycles. The standard InChI is InChI=1S/C17H17FN6O3S/c1-3-19-28(26,27)14-7-4-12(5-8-14)17(25)20-13-6-9-15(18)16(10-13)24-11(2)21-22-23-24/h4-10,19H,3H2,1-2H3,(H,20,25). The van der Waals surface area contributed by atoms with Crippen LogP contribution in [0, 0.1) is 12.7 Å². The number of nitrogens with zero attached hydrogens (tertiary/aromatic N) is 4. The number of nitrogens with one attached hydrogen (secondary N) is 2. The van der Waals surface area contributed by atoms with Crippen LogP contribution in [0.15, 0.2) is 47.4 Å². The maximum absolute atomic E-state index is 14.1. The molecule has 0 fully saturated rings. The number of rotatable bonds is 6. The van der Waals surface area contributed by atoms with Crippen LogP contribution in [0.4, 0.5) is 10.1 Å². The molecule has 0 radical (unpaired) electrons. The minimum Gasteiger partial charge on any atom is -0.322 e. The van der Waals surface area contributed by atoms with Crippen LogP contribution >= 0.6 is 0 Å². The Morgan fingerprint density at radius 1 is 1.18 bits per heavy atom. The largest absolute Gasteiger partial charge is 0.322 e. The third-order valence-corrected chi connectivity index (χ3v) is 5.38. The molecule has 0 spiro atoms. The van der Waals surface area contributed by atoms with Gasteiger partial charge in [0.05, 0.1) is 4.90 Å². The minimum atomic E-state index is -3.60. The van der Waals surface area contributed by atoms with Gasteiger partial charge in [-0.2, -0.15) is 4.68 Å². The zero-order valence-corrected chi connectivity index (χ0v) is 15.9. The van der Waals surface area contributed by atoms with Crippen LogP contribution in [0.3, 0.4) is 0 Å². The number of tetrazole rings is 1. The normalized spacial score (nSPS) is 11.4. The molecule has 0 bridgehead atoms. The van der Waals surface area contributed by atoms with Crippen molar-refractivity contribution in [3.63, 3.8) is 0 Å². The van der Waals surface area contributed by atoms with Gasteiger partial charge in [0, 0.05) is 17.8 Å². The predicted octanol–water partition coefficient (Wildman–Crippen LogP) is 1.66. The summed E-state index contributed by atoms with van der Waals surface area (Å²) in [5.41, 5.74) is 0.674. The second kappa shape index (κ2) is 7.82. The molecule has 146 valence electrons. The summed E-state index contributed by atoms with van der Waals surface area (Å²) in [6.45, 7) is 3.55. The lowest BCUT2D eigenvalue weighted by Gasteiger charge is -2.09. The molecule has 28 heavy (non-hydrogen) atoms. The van der Waals surface area contributed by atoms with Crippen molar-refractivity contribution in [2.45, 2.75) is 18.7 Å². The maximum Gasteiger partial charge on any atom is 0.255 e. The van der Waals surface area contributed by atoms with E-state index in [9.17, 15) is 17.6 Å². The van der Waals surface area contributed by atoms with E-state index in [0.29, 0.717) is 11.5 Å². The molecule has 3 rings (SSSR count). The maximum atomic E-state index is 14.1. The molecule has 11 heteroatoms. The molecule has 1 aromatic heterocycles. The Bertz CT molecular complexity index is 1110. The van der Waals surface area contributed by atoms with Gasteiger partial charge in [0.1, 0.15) is 11.5 Å². The molecule has 2 aromatic carbocycles. The average molecular weight is 404 g/mol. The number of benzene rings is 2. The summed E-state index contributed by atoms with van der Waals surface area (Å²) in [7, 11) is -3.60. The molecule has 0 aliphatic carbocycles. The average Bonchev–Trinajstić information content (AvgIpc) is 3.09. The van der Waals surface area contributed by atoms with Crippen molar-refractivity contribution in [2.75, 3.05) is 11.9 Å². The highest BCUT2D eigenvalue weighted by Gasteiger charge is 2.15. The fraction of sp³-hybridized carbons (Fsp3) is 0.176. The number of hydrogen-bond donors (Lipinski definition) is 2. The van der Waals surface area contributed by atoms with Gasteiger partial charge in [0.15, 0.2) is 5.82 Å². The van der Waals surface area contributed by atoms with E-state index in [0.717, 1.165) is 0 Å². The van der Waals surface area contributed by atoms with Crippen LogP contribution in [0.2, 0.25) is 0 Å². The lowest BCUT2D eigenvalue weighted by molar-refractivity contribution is 0.102. The molecule has 0 aliphatic heterocycles. The number of hydrogen-bond acceptors (Lipinski definition) is 6. The van der Waals surface area contributed by atoms with E-state index in [2.05, 4.69) is 25.6 Å². The Balaban J connectivity index is 1.81. The Kier molecular flexibility index (Phi) is 5.47. The number of sulfonamides is 1. The first-order valence-electron chi connectivity index (χ1n) is 8.28. The van der Waals surface area contributed by atoms with Crippen LogP contribution in [-0.4, -0.2) is 41.1 Å². The number of carbonyl (C=O) groups excluding carboxylic acids is 1. The second-order valence-electron chi connectivity index (χ2n) is 5.78. The first-order valence-corrected chi connectivity index (χ1v) is 9.76. The van der Waals surface area contributed by atoms with Crippen molar-refractivity contribution < 1.29 is 17.6 Å². The van der Waals surface area contributed by atoms with Crippen molar-refractivity contribution in [3.8, 4) is 5.69 Å². The van der Waals surface area contributed by atoms with E-state index in [4.69, 9.17) is 0 Å². The van der Waals surface area contributed by atoms with Crippen LogP contribution in [-0.2, 0) is 10.0 Å². The smallest absolute Gasteiger partial charge is 0.255 e. The molecule has 3 aromatic rings. The monoisotopic (exact) mass is 404 g/mol. The number of aryl methyl sites for hydroxylation is 1. The zero-order valence-electron chi connectivity index (χ0n) is 15.0. The summed E-state index contributed by atoms with van der Waals surface area (Å²) < 4.78 is 41.6. The highest BCUT2D eigenvalue weighted by molar-refractivity contribution is 7.89. The van der Waals surface area contributed by atoms with Crippen LogP contribution in [0.5, 0.6) is 0 Å². The first-order chi connectivity index (χ1) is 13.3. The van der Waals surface area contributed by atoms with Gasteiger partial charge >= 0.3 is 0 Å². The molecule has 2 N–H and O–H groups in total. The minimum absolute atomic E-state index is 0.0594. The van der Waals surface area contributed by atoms with Crippen LogP contribution in [0.25, 0.3) is 5.69 Å². The third kappa shape index (κ3) is 4.05. The van der Waals surface area contributed by atoms with E-state index in [1.165, 1.54) is 47.1 Å². The molecular weight excluding hydrogens is 387 g/mol. The number of carbonyl (C=O) groups is 1. The third-order valence-electron chi connectivity index (χ3n) is 3.82. The van der Waals surface area contributed by atoms with Gasteiger partial charge < -0.3 is 5.32 Å². The van der Waals surface area contributed by atoms with Gasteiger partial charge in [0.2, 0.25) is 10.0 Å². The van der Waals surface area contributed by atoms with Gasteiger partial charge in [-0.15, -0.1) is 5.10 Å². The summed E-state index contributed by atoms with van der Waals surface area (Å²) >= 11 is 0. The molecule has 0 aliphatic rings. The van der Waals surface area contributed by atoms with Gasteiger partial charge in [-0.3, -0.25) is 4.79 Å². The fourth-order valence-corrected chi connectivity index (χ4v) is 3.51. The lowest BCUT2D eigenvalue weighted by Crippen LogP contribution is -2.23. The molecule has 0 unspecified atom stereocenters. The molecule has 0 atom stereocenters. The highest BCUT2D eigenvalue weighted by atomic mass is 32.2. The molecule has 1 heterocycles. The number of aromatic nitrogens is 4. The van der Waals surface area contributed by atoms with Gasteiger partial charge in [-0.1, -0.05) is 6.92 Å². The Hall–Kier alpha value is -3.18. The number of anilines is 1. The van der Waals surface area contributed by atoms with Crippen molar-refractivity contribution in [2.24, 2.45) is 0 Å². The van der Waals surface area contributed by atoms with E-state index in [-0.39, 0.29) is 22.7 Å². The van der Waals surface area contributed by atoms with Gasteiger partial charge in [-0.05, 0) is 59.8 Å². The SMILES string of the molecule is CCNS(=O)(=O)c1ccc(C(=O)Nc2ccc(F)c(-n3nnnc3C)c2)cc1. The van der Waals surface area contributed by atoms with Gasteiger partial charge in [0.25, 0.3) is 5.91 Å². The van der Waals surface area contributed by atoms with Crippen LogP contribution < -0.4 is 10.0 Å². The summed E-state index contributed by atoms with van der Waals surface area (Å²) in [6.07, 6.45) is 0. The number of amides is 1. The summed E-state index contributed by atoms with van der Waals surface area (Å²) in [5, 5.41) is 13.5. The second-order valence-corrected chi connectivity index (χ2v) is 7.55. The quantitative estimate of drug-likeness (QED) is 0.645. The molecule has 1 amide bonds. The van der Waals surface area contributed by atoms with Crippen LogP contribution in [0.1, 0.15) is 23.1 Å². The predicted molar refractivity (Wildman–Crippen MR) is 99.1 cm³/mol. The Labute approximate surface area is 160 Å². The Morgan fingerprint density at radius 3 is 2.50 bits per heavy atom. The molecule has 0 saturated heterocycles. The first kappa shape index (κ1) is 19.6. The molecule has 9 nitrogen and oxygen atoms in total. The van der Waals surface area contributed by atoms with E-state index in [1.54, 1.807) is 13.8 Å². The summed E-state index contributed by atoms with van der Waals surface area (Å²) in [5.74, 6) is -0.635.